The molecule has 0 aromatic heterocycles. The van der Waals surface area contributed by atoms with Gasteiger partial charge in [0.1, 0.15) is 48.8 Å². The highest BCUT2D eigenvalue weighted by Crippen LogP contribution is 2.30. The van der Waals surface area contributed by atoms with Crippen molar-refractivity contribution in [2.24, 2.45) is 0 Å². The normalized spacial score (nSPS) is 22.9. The van der Waals surface area contributed by atoms with Gasteiger partial charge >= 0.3 is 0 Å². The van der Waals surface area contributed by atoms with Gasteiger partial charge in [-0.25, -0.2) is 0 Å². The van der Waals surface area contributed by atoms with Crippen LogP contribution in [0.15, 0.2) is 97.2 Å². The maximum atomic E-state index is 13.4. The van der Waals surface area contributed by atoms with E-state index in [1.165, 1.54) is 205 Å². The molecule has 0 spiro atoms. The van der Waals surface area contributed by atoms with E-state index in [2.05, 4.69) is 104 Å². The van der Waals surface area contributed by atoms with Gasteiger partial charge in [0.05, 0.1) is 32.0 Å². The first kappa shape index (κ1) is 88.0. The summed E-state index contributed by atoms with van der Waals surface area (Å²) in [6, 6.07) is -0.943. The Morgan fingerprint density at radius 1 is 0.389 bits per heavy atom. The van der Waals surface area contributed by atoms with Crippen LogP contribution < -0.4 is 5.32 Å². The van der Waals surface area contributed by atoms with Crippen LogP contribution in [0.2, 0.25) is 0 Å². The molecule has 0 aromatic carbocycles. The van der Waals surface area contributed by atoms with Crippen molar-refractivity contribution >= 4 is 5.91 Å². The van der Waals surface area contributed by atoms with E-state index in [9.17, 15) is 45.6 Å². The van der Waals surface area contributed by atoms with E-state index in [1.807, 2.05) is 6.08 Å². The molecule has 2 aliphatic heterocycles. The highest BCUT2D eigenvalue weighted by molar-refractivity contribution is 5.76. The zero-order valence-electron chi connectivity index (χ0n) is 60.1. The number of carbonyl (C=O) groups is 1. The first-order valence-electron chi connectivity index (χ1n) is 39.0. The number of hydrogen-bond donors (Lipinski definition) is 9. The van der Waals surface area contributed by atoms with E-state index in [1.54, 1.807) is 6.08 Å². The lowest BCUT2D eigenvalue weighted by Gasteiger charge is -2.46. The standard InChI is InChI=1S/C81H143NO13/c1-3-5-7-9-11-13-15-17-19-21-23-25-27-29-31-32-33-34-35-36-37-38-39-41-43-45-47-49-51-53-55-57-59-61-63-65-73(86)82-69(68-92-80-78(91)76(89)79(72(67-84)94-80)95-81-77(90)75(88)74(87)71(66-83)93-81)70(85)64-62-60-58-56-54-52-50-48-46-44-42-40-30-28-26-24-22-20-18-16-14-12-10-8-6-4-2/h5,7,11,13,17,19,23,25,29,31,46,48,54,56,62,64,69-72,74-81,83-85,87-91H,3-4,6,8-10,12,14-16,18,20-22,24,26-28,30,32-45,47,49-53,55,57-61,63,65-68H2,1-2H3,(H,82,86)/b7-5-,13-11-,19-17-,25-23-,31-29-,48-46+,56-54+,64-62+. The Hall–Kier alpha value is -3.09. The Morgan fingerprint density at radius 3 is 1.16 bits per heavy atom. The topological polar surface area (TPSA) is 228 Å². The second-order valence-electron chi connectivity index (χ2n) is 27.1. The number of nitrogens with one attached hydrogen (secondary N) is 1. The number of ether oxygens (including phenoxy) is 4. The van der Waals surface area contributed by atoms with Crippen LogP contribution in [0.25, 0.3) is 0 Å². The number of rotatable bonds is 64. The lowest BCUT2D eigenvalue weighted by molar-refractivity contribution is -0.359. The lowest BCUT2D eigenvalue weighted by Crippen LogP contribution is -2.65. The van der Waals surface area contributed by atoms with Crippen molar-refractivity contribution in [1.29, 1.82) is 0 Å². The summed E-state index contributed by atoms with van der Waals surface area (Å²) in [7, 11) is 0. The average Bonchev–Trinajstić information content (AvgIpc) is 0.800. The van der Waals surface area contributed by atoms with Crippen LogP contribution in [0.3, 0.4) is 0 Å². The summed E-state index contributed by atoms with van der Waals surface area (Å²) in [5, 5.41) is 87.6. The molecule has 2 saturated heterocycles. The van der Waals surface area contributed by atoms with Crippen LogP contribution in [0.1, 0.15) is 316 Å². The van der Waals surface area contributed by atoms with Crippen LogP contribution in [0.5, 0.6) is 0 Å². The molecule has 0 radical (unpaired) electrons. The summed E-state index contributed by atoms with van der Waals surface area (Å²) in [6.07, 6.45) is 74.8. The van der Waals surface area contributed by atoms with Crippen molar-refractivity contribution in [2.75, 3.05) is 19.8 Å². The maximum Gasteiger partial charge on any atom is 0.220 e. The number of aliphatic hydroxyl groups is 8. The molecule has 95 heavy (non-hydrogen) atoms. The summed E-state index contributed by atoms with van der Waals surface area (Å²) in [5.41, 5.74) is 0. The number of carbonyl (C=O) groups excluding carboxylic acids is 1. The molecular weight excluding hydrogens is 1190 g/mol. The summed E-state index contributed by atoms with van der Waals surface area (Å²) >= 11 is 0. The average molecular weight is 1340 g/mol. The Morgan fingerprint density at radius 2 is 0.737 bits per heavy atom. The zero-order valence-corrected chi connectivity index (χ0v) is 60.1. The fourth-order valence-electron chi connectivity index (χ4n) is 12.4. The van der Waals surface area contributed by atoms with Crippen molar-refractivity contribution in [3.63, 3.8) is 0 Å². The predicted octanol–water partition coefficient (Wildman–Crippen LogP) is 17.3. The van der Waals surface area contributed by atoms with Gasteiger partial charge in [-0.15, -0.1) is 0 Å². The van der Waals surface area contributed by atoms with E-state index in [4.69, 9.17) is 18.9 Å². The van der Waals surface area contributed by atoms with Gasteiger partial charge < -0.3 is 65.1 Å². The van der Waals surface area contributed by atoms with Gasteiger partial charge in [0.25, 0.3) is 0 Å². The van der Waals surface area contributed by atoms with Crippen molar-refractivity contribution in [1.82, 2.24) is 5.32 Å². The fraction of sp³-hybridized carbons (Fsp3) is 0.790. The van der Waals surface area contributed by atoms with Crippen LogP contribution in [-0.4, -0.2) is 140 Å². The summed E-state index contributed by atoms with van der Waals surface area (Å²) in [6.45, 7) is 2.70. The quantitative estimate of drug-likeness (QED) is 0.0204. The third kappa shape index (κ3) is 47.6. The van der Waals surface area contributed by atoms with E-state index < -0.39 is 86.8 Å². The van der Waals surface area contributed by atoms with Gasteiger partial charge in [-0.1, -0.05) is 317 Å². The van der Waals surface area contributed by atoms with E-state index in [0.29, 0.717) is 12.8 Å². The Labute approximate surface area is 579 Å². The number of unbranched alkanes of at least 4 members (excludes halogenated alkanes) is 37. The Kier molecular flexibility index (Phi) is 59.6. The first-order valence-corrected chi connectivity index (χ1v) is 39.0. The molecule has 0 aliphatic carbocycles. The van der Waals surface area contributed by atoms with E-state index in [-0.39, 0.29) is 18.9 Å². The minimum absolute atomic E-state index is 0.251. The number of aliphatic hydroxyl groups excluding tert-OH is 8. The first-order chi connectivity index (χ1) is 46.6. The molecule has 12 atom stereocenters. The molecule has 0 aromatic rings. The van der Waals surface area contributed by atoms with Gasteiger partial charge in [0.15, 0.2) is 12.6 Å². The minimum Gasteiger partial charge on any atom is -0.394 e. The van der Waals surface area contributed by atoms with E-state index in [0.717, 1.165) is 77.0 Å². The Bertz CT molecular complexity index is 1970. The summed E-state index contributed by atoms with van der Waals surface area (Å²) in [5.74, 6) is -0.251. The van der Waals surface area contributed by atoms with Gasteiger partial charge in [-0.3, -0.25) is 4.79 Å². The van der Waals surface area contributed by atoms with Crippen molar-refractivity contribution in [2.45, 2.75) is 389 Å². The molecule has 550 valence electrons. The Balaban J connectivity index is 1.64. The molecule has 2 fully saturated rings. The molecule has 0 bridgehead atoms. The second kappa shape index (κ2) is 64.3. The van der Waals surface area contributed by atoms with Gasteiger partial charge in [0, 0.05) is 6.42 Å². The number of hydrogen-bond acceptors (Lipinski definition) is 13. The van der Waals surface area contributed by atoms with Crippen LogP contribution in [0, 0.1) is 0 Å². The second-order valence-corrected chi connectivity index (χ2v) is 27.1. The van der Waals surface area contributed by atoms with E-state index >= 15 is 0 Å². The molecule has 14 heteroatoms. The van der Waals surface area contributed by atoms with Crippen molar-refractivity contribution in [3.05, 3.63) is 97.2 Å². The molecule has 14 nitrogen and oxygen atoms in total. The number of amides is 1. The van der Waals surface area contributed by atoms with Crippen LogP contribution in [0.4, 0.5) is 0 Å². The number of allylic oxidation sites excluding steroid dienone is 15. The van der Waals surface area contributed by atoms with Gasteiger partial charge in [0.2, 0.25) is 5.91 Å². The lowest BCUT2D eigenvalue weighted by atomic mass is 9.97. The van der Waals surface area contributed by atoms with Crippen LogP contribution in [-0.2, 0) is 23.7 Å². The predicted molar refractivity (Wildman–Crippen MR) is 392 cm³/mol. The van der Waals surface area contributed by atoms with Crippen LogP contribution >= 0.6 is 0 Å². The summed E-state index contributed by atoms with van der Waals surface area (Å²) in [4.78, 5) is 13.4. The van der Waals surface area contributed by atoms with Crippen molar-refractivity contribution < 1.29 is 64.6 Å². The molecular formula is C81H143NO13. The molecule has 9 N–H and O–H groups in total. The molecule has 2 heterocycles. The highest BCUT2D eigenvalue weighted by Gasteiger charge is 2.51. The van der Waals surface area contributed by atoms with Gasteiger partial charge in [-0.05, 0) is 89.9 Å². The SMILES string of the molecule is CC/C=C\C/C=C\C/C=C\C/C=C\C/C=C\CCCCCCCCCCCCCCCCCCCCCC(=O)NC(COC1OC(CO)C(OC2OC(CO)C(O)C(O)C2O)C(O)C1O)C(O)/C=C/CC/C=C/CC/C=C/CCCCCCCCCCCCCCCCCC. The fourth-order valence-corrected chi connectivity index (χ4v) is 12.4. The smallest absolute Gasteiger partial charge is 0.220 e. The maximum absolute atomic E-state index is 13.4. The van der Waals surface area contributed by atoms with Crippen molar-refractivity contribution in [3.8, 4) is 0 Å². The minimum atomic E-state index is -1.80. The zero-order chi connectivity index (χ0) is 68.7. The third-order valence-electron chi connectivity index (χ3n) is 18.5. The molecule has 2 rings (SSSR count). The monoisotopic (exact) mass is 1340 g/mol. The third-order valence-corrected chi connectivity index (χ3v) is 18.5. The largest absolute Gasteiger partial charge is 0.394 e. The van der Waals surface area contributed by atoms with Gasteiger partial charge in [-0.2, -0.15) is 0 Å². The molecule has 12 unspecified atom stereocenters. The molecule has 1 amide bonds. The molecule has 0 saturated carbocycles. The molecule has 2 aliphatic rings. The summed E-state index contributed by atoms with van der Waals surface area (Å²) < 4.78 is 22.9. The highest BCUT2D eigenvalue weighted by atomic mass is 16.7.